The van der Waals surface area contributed by atoms with E-state index in [2.05, 4.69) is 15.4 Å². The van der Waals surface area contributed by atoms with E-state index in [0.29, 0.717) is 29.0 Å². The molecule has 0 aliphatic carbocycles. The van der Waals surface area contributed by atoms with Crippen LogP contribution in [0.5, 0.6) is 5.75 Å². The van der Waals surface area contributed by atoms with Crippen molar-refractivity contribution < 1.29 is 4.74 Å². The molecular weight excluding hydrogens is 385 g/mol. The van der Waals surface area contributed by atoms with E-state index in [-0.39, 0.29) is 18.0 Å². The Morgan fingerprint density at radius 1 is 1.19 bits per heavy atom. The van der Waals surface area contributed by atoms with Crippen molar-refractivity contribution in [3.63, 3.8) is 0 Å². The molecule has 2 aromatic carbocycles. The topological polar surface area (TPSA) is 78.0 Å². The van der Waals surface area contributed by atoms with Crippen LogP contribution in [0.4, 0.5) is 11.9 Å². The van der Waals surface area contributed by atoms with Crippen molar-refractivity contribution in [1.82, 2.24) is 14.8 Å². The van der Waals surface area contributed by atoms with E-state index in [9.17, 15) is 0 Å². The molecule has 8 heteroatoms. The van der Waals surface area contributed by atoms with Crippen molar-refractivity contribution in [3.05, 3.63) is 63.6 Å². The van der Waals surface area contributed by atoms with E-state index in [1.807, 2.05) is 49.4 Å². The summed E-state index contributed by atoms with van der Waals surface area (Å²) in [7, 11) is 0. The molecule has 4 rings (SSSR count). The monoisotopic (exact) mass is 403 g/mol. The number of nitrogens with zero attached hydrogens (tertiary/aromatic N) is 3. The Kier molecular flexibility index (Phi) is 4.85. The van der Waals surface area contributed by atoms with Crippen LogP contribution in [-0.2, 0) is 0 Å². The highest BCUT2D eigenvalue weighted by Gasteiger charge is 2.33. The van der Waals surface area contributed by atoms with Gasteiger partial charge in [-0.2, -0.15) is 4.98 Å². The Morgan fingerprint density at radius 3 is 2.56 bits per heavy atom. The summed E-state index contributed by atoms with van der Waals surface area (Å²) in [5, 5.41) is 8.94. The summed E-state index contributed by atoms with van der Waals surface area (Å²) in [5.74, 6) is 1.65. The molecule has 1 aromatic heterocycles. The van der Waals surface area contributed by atoms with Gasteiger partial charge in [0, 0.05) is 15.6 Å². The molecule has 3 aromatic rings. The van der Waals surface area contributed by atoms with Crippen LogP contribution in [0.25, 0.3) is 0 Å². The number of nitrogens with one attached hydrogen (secondary N) is 1. The van der Waals surface area contributed by atoms with Crippen molar-refractivity contribution in [1.29, 1.82) is 0 Å². The lowest BCUT2D eigenvalue weighted by molar-refractivity contribution is 0.340. The maximum atomic E-state index is 6.47. The highest BCUT2D eigenvalue weighted by Crippen LogP contribution is 2.42. The molecule has 140 valence electrons. The average Bonchev–Trinajstić information content (AvgIpc) is 3.02. The van der Waals surface area contributed by atoms with E-state index in [1.54, 1.807) is 4.68 Å². The number of aromatic nitrogens is 3. The third-order valence-electron chi connectivity index (χ3n) is 4.63. The van der Waals surface area contributed by atoms with Crippen LogP contribution in [0.2, 0.25) is 10.0 Å². The van der Waals surface area contributed by atoms with E-state index < -0.39 is 0 Å². The second-order valence-electron chi connectivity index (χ2n) is 6.32. The number of benzene rings is 2. The van der Waals surface area contributed by atoms with Gasteiger partial charge in [-0.15, -0.1) is 5.10 Å². The van der Waals surface area contributed by atoms with Crippen LogP contribution in [-0.4, -0.2) is 21.4 Å². The summed E-state index contributed by atoms with van der Waals surface area (Å²) in [6.45, 7) is 2.60. The molecule has 0 saturated heterocycles. The van der Waals surface area contributed by atoms with Crippen LogP contribution in [0.15, 0.2) is 42.5 Å². The standard InChI is InChI=1S/C19H19Cl2N5O/c1-2-27-12-8-6-11(7-9-12)15-10-16(17-13(20)4-3-5-14(17)21)26-19(23-15)24-18(22)25-26/h3-9,15-16H,2,10H2,1H3,(H3,22,23,24,25)/t15-,16+/m0/s1. The van der Waals surface area contributed by atoms with Crippen molar-refractivity contribution >= 4 is 35.1 Å². The summed E-state index contributed by atoms with van der Waals surface area (Å²) >= 11 is 12.9. The van der Waals surface area contributed by atoms with Gasteiger partial charge >= 0.3 is 0 Å². The molecule has 0 bridgehead atoms. The van der Waals surface area contributed by atoms with Crippen molar-refractivity contribution in [2.24, 2.45) is 0 Å². The Hall–Kier alpha value is -2.44. The number of nitrogens with two attached hydrogens (primary N) is 1. The zero-order chi connectivity index (χ0) is 19.0. The Morgan fingerprint density at radius 2 is 1.89 bits per heavy atom. The highest BCUT2D eigenvalue weighted by molar-refractivity contribution is 6.36. The number of fused-ring (bicyclic) bond motifs is 1. The summed E-state index contributed by atoms with van der Waals surface area (Å²) in [6.07, 6.45) is 0.702. The van der Waals surface area contributed by atoms with Gasteiger partial charge in [-0.05, 0) is 43.2 Å². The Bertz CT molecular complexity index is 937. The molecule has 2 heterocycles. The van der Waals surface area contributed by atoms with Gasteiger partial charge in [-0.25, -0.2) is 4.68 Å². The van der Waals surface area contributed by atoms with Crippen molar-refractivity contribution in [2.45, 2.75) is 25.4 Å². The molecule has 6 nitrogen and oxygen atoms in total. The molecule has 0 fully saturated rings. The molecule has 1 aliphatic rings. The molecule has 27 heavy (non-hydrogen) atoms. The van der Waals surface area contributed by atoms with Gasteiger partial charge in [0.2, 0.25) is 11.9 Å². The predicted molar refractivity (Wildman–Crippen MR) is 108 cm³/mol. The third-order valence-corrected chi connectivity index (χ3v) is 5.29. The fourth-order valence-electron chi connectivity index (χ4n) is 3.45. The van der Waals surface area contributed by atoms with Crippen LogP contribution in [0.3, 0.4) is 0 Å². The average molecular weight is 404 g/mol. The second kappa shape index (κ2) is 7.29. The molecule has 0 unspecified atom stereocenters. The second-order valence-corrected chi connectivity index (χ2v) is 7.14. The van der Waals surface area contributed by atoms with E-state index in [4.69, 9.17) is 33.7 Å². The molecule has 0 saturated carbocycles. The minimum atomic E-state index is -0.177. The number of hydrogen-bond donors (Lipinski definition) is 2. The highest BCUT2D eigenvalue weighted by atomic mass is 35.5. The normalized spacial score (nSPS) is 18.6. The van der Waals surface area contributed by atoms with E-state index in [0.717, 1.165) is 16.9 Å². The maximum Gasteiger partial charge on any atom is 0.241 e. The van der Waals surface area contributed by atoms with E-state index in [1.165, 1.54) is 0 Å². The van der Waals surface area contributed by atoms with Gasteiger partial charge in [0.05, 0.1) is 18.7 Å². The number of anilines is 2. The van der Waals surface area contributed by atoms with Crippen molar-refractivity contribution in [2.75, 3.05) is 17.7 Å². The number of rotatable bonds is 4. The first-order valence-corrected chi connectivity index (χ1v) is 9.47. The third kappa shape index (κ3) is 3.42. The first-order valence-electron chi connectivity index (χ1n) is 8.72. The first kappa shape index (κ1) is 17.9. The van der Waals surface area contributed by atoms with Crippen LogP contribution >= 0.6 is 23.2 Å². The lowest BCUT2D eigenvalue weighted by Gasteiger charge is -2.32. The van der Waals surface area contributed by atoms with Crippen LogP contribution in [0, 0.1) is 0 Å². The number of nitrogen functional groups attached to an aromatic ring is 1. The summed E-state index contributed by atoms with van der Waals surface area (Å²) < 4.78 is 7.29. The lowest BCUT2D eigenvalue weighted by atomic mass is 9.93. The fraction of sp³-hybridized carbons (Fsp3) is 0.263. The number of ether oxygens (including phenoxy) is 1. The SMILES string of the molecule is CCOc1ccc([C@@H]2C[C@H](c3c(Cl)cccc3Cl)n3nc(N)nc3N2)cc1. The predicted octanol–water partition coefficient (Wildman–Crippen LogP) is 4.71. The largest absolute Gasteiger partial charge is 0.494 e. The fourth-order valence-corrected chi connectivity index (χ4v) is 4.09. The van der Waals surface area contributed by atoms with Gasteiger partial charge in [-0.3, -0.25) is 0 Å². The minimum Gasteiger partial charge on any atom is -0.494 e. The maximum absolute atomic E-state index is 6.47. The molecule has 3 N–H and O–H groups in total. The molecule has 1 aliphatic heterocycles. The van der Waals surface area contributed by atoms with Gasteiger partial charge < -0.3 is 15.8 Å². The van der Waals surface area contributed by atoms with Crippen LogP contribution in [0.1, 0.15) is 36.6 Å². The molecule has 0 amide bonds. The minimum absolute atomic E-state index is 0.00844. The van der Waals surface area contributed by atoms with E-state index >= 15 is 0 Å². The molecule has 0 spiro atoms. The summed E-state index contributed by atoms with van der Waals surface area (Å²) in [4.78, 5) is 4.32. The van der Waals surface area contributed by atoms with Gasteiger partial charge in [0.15, 0.2) is 0 Å². The Labute approximate surface area is 167 Å². The van der Waals surface area contributed by atoms with Gasteiger partial charge in [0.25, 0.3) is 0 Å². The van der Waals surface area contributed by atoms with Crippen molar-refractivity contribution in [3.8, 4) is 5.75 Å². The Balaban J connectivity index is 1.73. The zero-order valence-corrected chi connectivity index (χ0v) is 16.2. The quantitative estimate of drug-likeness (QED) is 0.659. The number of halogens is 2. The molecule has 2 atom stereocenters. The number of hydrogen-bond acceptors (Lipinski definition) is 5. The molecule has 0 radical (unpaired) electrons. The zero-order valence-electron chi connectivity index (χ0n) is 14.7. The summed E-state index contributed by atoms with van der Waals surface area (Å²) in [6, 6.07) is 13.3. The lowest BCUT2D eigenvalue weighted by Crippen LogP contribution is -2.28. The molecular formula is C19H19Cl2N5O. The first-order chi connectivity index (χ1) is 13.1. The van der Waals surface area contributed by atoms with Gasteiger partial charge in [0.1, 0.15) is 5.75 Å². The van der Waals surface area contributed by atoms with Crippen LogP contribution < -0.4 is 15.8 Å². The smallest absolute Gasteiger partial charge is 0.241 e. The van der Waals surface area contributed by atoms with Gasteiger partial charge in [-0.1, -0.05) is 41.4 Å². The summed E-state index contributed by atoms with van der Waals surface area (Å²) in [5.41, 5.74) is 7.78.